The zero-order chi connectivity index (χ0) is 28.4. The Morgan fingerprint density at radius 3 is 2.42 bits per heavy atom. The van der Waals surface area contributed by atoms with Crippen LogP contribution in [-0.2, 0) is 0 Å². The smallest absolute Gasteiger partial charge is 0.0158 e. The van der Waals surface area contributed by atoms with Gasteiger partial charge in [-0.05, 0) is 156 Å². The molecule has 4 heteroatoms. The van der Waals surface area contributed by atoms with Crippen LogP contribution in [0.1, 0.15) is 106 Å². The number of piperidine rings is 1. The Morgan fingerprint density at radius 1 is 0.900 bits per heavy atom. The van der Waals surface area contributed by atoms with E-state index in [0.717, 1.165) is 29.6 Å². The number of allylic oxidation sites excluding steroid dienone is 1. The predicted molar refractivity (Wildman–Crippen MR) is 174 cm³/mol. The zero-order valence-electron chi connectivity index (χ0n) is 27.2. The molecule has 0 unspecified atom stereocenters. The molecular weight excluding hydrogens is 506 g/mol. The largest absolute Gasteiger partial charge is 0.316 e. The van der Waals surface area contributed by atoms with Gasteiger partial charge in [0, 0.05) is 36.7 Å². The lowest BCUT2D eigenvalue weighted by Crippen LogP contribution is -2.69. The lowest BCUT2D eigenvalue weighted by molar-refractivity contribution is -0.230. The minimum atomic E-state index is 0.281. The van der Waals surface area contributed by atoms with Crippen molar-refractivity contribution in [2.45, 2.75) is 111 Å². The van der Waals surface area contributed by atoms with E-state index < -0.39 is 0 Å². The van der Waals surface area contributed by atoms with Gasteiger partial charge < -0.3 is 15.5 Å². The molecule has 6 fully saturated rings. The van der Waals surface area contributed by atoms with Crippen molar-refractivity contribution in [2.24, 2.45) is 51.2 Å². The number of hydrogen-bond acceptors (Lipinski definition) is 4. The maximum absolute atomic E-state index is 4.63. The van der Waals surface area contributed by atoms with Crippen LogP contribution in [0.25, 0.3) is 0 Å². The van der Waals surface area contributed by atoms with Crippen LogP contribution in [0.5, 0.6) is 0 Å². The van der Waals surface area contributed by atoms with Gasteiger partial charge in [0.05, 0.1) is 0 Å². The molecule has 2 aliphatic heterocycles. The second kappa shape index (κ2) is 10.8. The summed E-state index contributed by atoms with van der Waals surface area (Å²) in [6, 6.07) is 0. The maximum Gasteiger partial charge on any atom is 0.0158 e. The van der Waals surface area contributed by atoms with Gasteiger partial charge in [0.1, 0.15) is 0 Å². The predicted octanol–water partition coefficient (Wildman–Crippen LogP) is 7.62. The summed E-state index contributed by atoms with van der Waals surface area (Å²) >= 11 is 2.13. The van der Waals surface area contributed by atoms with E-state index in [9.17, 15) is 0 Å². The normalized spacial score (nSPS) is 48.5. The highest BCUT2D eigenvalue weighted by molar-refractivity contribution is 7.99. The van der Waals surface area contributed by atoms with Crippen LogP contribution in [0.4, 0.5) is 0 Å². The van der Waals surface area contributed by atoms with Gasteiger partial charge in [0.2, 0.25) is 0 Å². The van der Waals surface area contributed by atoms with Crippen molar-refractivity contribution in [1.82, 2.24) is 15.5 Å². The van der Waals surface area contributed by atoms with Crippen molar-refractivity contribution in [2.75, 3.05) is 50.8 Å². The van der Waals surface area contributed by atoms with E-state index in [2.05, 4.69) is 75.4 Å². The number of hydrogen-bond donors (Lipinski definition) is 2. The minimum absolute atomic E-state index is 0.281. The highest BCUT2D eigenvalue weighted by atomic mass is 32.2. The molecule has 4 aliphatic carbocycles. The second-order valence-corrected chi connectivity index (χ2v) is 18.2. The number of thioether (sulfide) groups is 1. The van der Waals surface area contributed by atoms with Gasteiger partial charge in [-0.3, -0.25) is 0 Å². The summed E-state index contributed by atoms with van der Waals surface area (Å²) in [5, 5.41) is 8.01. The Morgan fingerprint density at radius 2 is 1.68 bits per heavy atom. The summed E-state index contributed by atoms with van der Waals surface area (Å²) in [6.45, 7) is 27.9. The van der Waals surface area contributed by atoms with Gasteiger partial charge in [-0.2, -0.15) is 11.8 Å². The fourth-order valence-corrected chi connectivity index (χ4v) is 13.8. The van der Waals surface area contributed by atoms with E-state index in [1.807, 2.05) is 0 Å². The average molecular weight is 570 g/mol. The Labute approximate surface area is 252 Å². The van der Waals surface area contributed by atoms with E-state index in [0.29, 0.717) is 21.7 Å². The van der Waals surface area contributed by atoms with Crippen molar-refractivity contribution in [3.05, 3.63) is 12.2 Å². The Kier molecular flexibility index (Phi) is 8.14. The van der Waals surface area contributed by atoms with Crippen LogP contribution in [0.2, 0.25) is 0 Å². The van der Waals surface area contributed by atoms with Gasteiger partial charge in [-0.15, -0.1) is 0 Å². The summed E-state index contributed by atoms with van der Waals surface area (Å²) in [5.74, 6) is 6.80. The first-order valence-corrected chi connectivity index (χ1v) is 18.5. The Balaban J connectivity index is 1.21. The molecule has 228 valence electrons. The van der Waals surface area contributed by atoms with Crippen molar-refractivity contribution < 1.29 is 0 Å². The fourth-order valence-electron chi connectivity index (χ4n) is 12.9. The van der Waals surface area contributed by atoms with Crippen LogP contribution in [-0.4, -0.2) is 61.2 Å². The van der Waals surface area contributed by atoms with Gasteiger partial charge in [0.15, 0.2) is 0 Å². The number of rotatable bonds is 7. The van der Waals surface area contributed by atoms with Crippen LogP contribution in [0, 0.1) is 51.2 Å². The molecule has 2 saturated heterocycles. The fraction of sp³-hybridized carbons (Fsp3) is 0.944. The molecule has 2 heterocycles. The molecule has 2 N–H and O–H groups in total. The van der Waals surface area contributed by atoms with Crippen molar-refractivity contribution in [1.29, 1.82) is 0 Å². The van der Waals surface area contributed by atoms with Crippen LogP contribution >= 0.6 is 11.8 Å². The molecule has 0 spiro atoms. The molecule has 0 aromatic heterocycles. The van der Waals surface area contributed by atoms with Crippen LogP contribution < -0.4 is 10.6 Å². The van der Waals surface area contributed by atoms with Crippen LogP contribution in [0.3, 0.4) is 0 Å². The summed E-state index contributed by atoms with van der Waals surface area (Å²) < 4.78 is 0. The van der Waals surface area contributed by atoms with Gasteiger partial charge in [-0.25, -0.2) is 0 Å². The van der Waals surface area contributed by atoms with Gasteiger partial charge in [0.25, 0.3) is 0 Å². The van der Waals surface area contributed by atoms with E-state index in [4.69, 9.17) is 0 Å². The summed E-state index contributed by atoms with van der Waals surface area (Å²) in [7, 11) is 0. The molecule has 0 radical (unpaired) electrons. The molecule has 3 nitrogen and oxygen atoms in total. The minimum Gasteiger partial charge on any atom is -0.316 e. The average Bonchev–Trinajstić information content (AvgIpc) is 3.29. The molecule has 0 aromatic rings. The lowest BCUT2D eigenvalue weighted by atomic mass is 9.33. The van der Waals surface area contributed by atoms with Gasteiger partial charge in [-0.1, -0.05) is 32.9 Å². The van der Waals surface area contributed by atoms with E-state index in [1.54, 1.807) is 0 Å². The van der Waals surface area contributed by atoms with Crippen LogP contribution in [0.15, 0.2) is 12.2 Å². The SMILES string of the molecule is C=C(C)[C@@H]1CC[C@]2(CNCCCN3CCSCC3)CC[C@]3(C)[C@H](CC[C@@H]4[C@@]5(C)CCNC(C)(C)[C@@H]5CC[C@]43C)[C@@H]12. The number of nitrogens with one attached hydrogen (secondary N) is 2. The number of nitrogens with zero attached hydrogens (tertiary/aromatic N) is 1. The van der Waals surface area contributed by atoms with Crippen molar-refractivity contribution in [3.63, 3.8) is 0 Å². The third-order valence-electron chi connectivity index (χ3n) is 15.0. The highest BCUT2D eigenvalue weighted by Crippen LogP contribution is 2.76. The van der Waals surface area contributed by atoms with E-state index >= 15 is 0 Å². The topological polar surface area (TPSA) is 27.3 Å². The molecule has 6 aliphatic rings. The summed E-state index contributed by atoms with van der Waals surface area (Å²) in [4.78, 5) is 2.69. The summed E-state index contributed by atoms with van der Waals surface area (Å²) in [6.07, 6.45) is 14.2. The molecular formula is C36H63N3S. The first kappa shape index (κ1) is 30.0. The Hall–Kier alpha value is -0.0300. The third kappa shape index (κ3) is 4.62. The summed E-state index contributed by atoms with van der Waals surface area (Å²) in [5.41, 5.74) is 3.70. The highest BCUT2D eigenvalue weighted by Gasteiger charge is 2.70. The molecule has 0 aromatic carbocycles. The molecule has 6 rings (SSSR count). The maximum atomic E-state index is 4.63. The molecule has 40 heavy (non-hydrogen) atoms. The lowest BCUT2D eigenvalue weighted by Gasteiger charge is -2.72. The first-order valence-electron chi connectivity index (χ1n) is 17.4. The zero-order valence-corrected chi connectivity index (χ0v) is 28.0. The monoisotopic (exact) mass is 569 g/mol. The molecule has 0 bridgehead atoms. The standard InChI is InChI=1S/C36H63N3S/c1-26(2)27-11-14-36(25-37-18-8-20-39-21-23-40-24-22-39)16-15-34(6)28(31(27)36)9-10-30-33(5)17-19-38-32(3,4)29(33)12-13-35(30,34)7/h27-31,37-38H,1,8-25H2,2-7H3/t27-,28+,29-,30+,31+,33-,34+,35+,36+/m0/s1. The molecule has 9 atom stereocenters. The van der Waals surface area contributed by atoms with Crippen molar-refractivity contribution >= 4 is 11.8 Å². The van der Waals surface area contributed by atoms with Crippen molar-refractivity contribution in [3.8, 4) is 0 Å². The Bertz CT molecular complexity index is 942. The first-order chi connectivity index (χ1) is 19.0. The quantitative estimate of drug-likeness (QED) is 0.244. The molecule has 4 saturated carbocycles. The van der Waals surface area contributed by atoms with E-state index in [1.165, 1.54) is 121 Å². The second-order valence-electron chi connectivity index (χ2n) is 16.9. The van der Waals surface area contributed by atoms with E-state index in [-0.39, 0.29) is 5.54 Å². The number of fused-ring (bicyclic) bond motifs is 7. The molecule has 0 amide bonds. The third-order valence-corrected chi connectivity index (χ3v) is 16.0. The van der Waals surface area contributed by atoms with Gasteiger partial charge >= 0.3 is 0 Å².